The first kappa shape index (κ1) is 12.9. The van der Waals surface area contributed by atoms with Crippen molar-refractivity contribution in [3.8, 4) is 0 Å². The van der Waals surface area contributed by atoms with Gasteiger partial charge in [0.1, 0.15) is 5.78 Å². The molecule has 0 saturated heterocycles. The van der Waals surface area contributed by atoms with Gasteiger partial charge in [0.2, 0.25) is 0 Å². The van der Waals surface area contributed by atoms with Crippen molar-refractivity contribution in [3.63, 3.8) is 0 Å². The van der Waals surface area contributed by atoms with Gasteiger partial charge in [-0.2, -0.15) is 0 Å². The molecular weight excluding hydrogens is 180 g/mol. The summed E-state index contributed by atoms with van der Waals surface area (Å²) in [5, 5.41) is 2.91. The summed E-state index contributed by atoms with van der Waals surface area (Å²) >= 11 is 0. The maximum atomic E-state index is 11.1. The van der Waals surface area contributed by atoms with Crippen molar-refractivity contribution in [2.24, 2.45) is 16.5 Å². The minimum atomic E-state index is -0.332. The standard InChI is InChI=1S/C9H20N4O/c1-3-8(14)7(10)5-4-6-13-9(11)12-2/h7H,3-6,10H2,1-2H3,(H3,11,12,13)/t7-/m0/s1. The third kappa shape index (κ3) is 5.53. The molecule has 0 bridgehead atoms. The number of Topliss-reactive ketones (excluding diaryl/α,β-unsaturated/α-hetero) is 1. The highest BCUT2D eigenvalue weighted by atomic mass is 16.1. The molecular formula is C9H20N4O. The highest BCUT2D eigenvalue weighted by molar-refractivity contribution is 5.83. The number of carbonyl (C=O) groups is 1. The van der Waals surface area contributed by atoms with Gasteiger partial charge in [-0.15, -0.1) is 0 Å². The van der Waals surface area contributed by atoms with Crippen LogP contribution in [0.4, 0.5) is 0 Å². The van der Waals surface area contributed by atoms with E-state index in [-0.39, 0.29) is 11.8 Å². The Morgan fingerprint density at radius 2 is 2.21 bits per heavy atom. The van der Waals surface area contributed by atoms with Crippen molar-refractivity contribution in [2.75, 3.05) is 13.6 Å². The summed E-state index contributed by atoms with van der Waals surface area (Å²) < 4.78 is 0. The zero-order valence-corrected chi connectivity index (χ0v) is 8.92. The molecule has 14 heavy (non-hydrogen) atoms. The van der Waals surface area contributed by atoms with Gasteiger partial charge < -0.3 is 16.8 Å². The molecule has 0 fully saturated rings. The van der Waals surface area contributed by atoms with Crippen molar-refractivity contribution in [3.05, 3.63) is 0 Å². The first-order valence-electron chi connectivity index (χ1n) is 4.86. The number of aliphatic imine (C=N–C) groups is 1. The summed E-state index contributed by atoms with van der Waals surface area (Å²) in [6, 6.07) is -0.332. The van der Waals surface area contributed by atoms with E-state index in [4.69, 9.17) is 11.5 Å². The maximum absolute atomic E-state index is 11.1. The van der Waals surface area contributed by atoms with E-state index >= 15 is 0 Å². The Balaban J connectivity index is 3.50. The molecule has 5 N–H and O–H groups in total. The fourth-order valence-corrected chi connectivity index (χ4v) is 1.04. The summed E-state index contributed by atoms with van der Waals surface area (Å²) in [4.78, 5) is 14.8. The van der Waals surface area contributed by atoms with Crippen LogP contribution in [0.15, 0.2) is 4.99 Å². The smallest absolute Gasteiger partial charge is 0.188 e. The van der Waals surface area contributed by atoms with Gasteiger partial charge in [0.25, 0.3) is 0 Å². The normalized spacial score (nSPS) is 13.8. The van der Waals surface area contributed by atoms with Crippen LogP contribution in [0.3, 0.4) is 0 Å². The summed E-state index contributed by atoms with van der Waals surface area (Å²) in [6.45, 7) is 2.52. The average molecular weight is 200 g/mol. The van der Waals surface area contributed by atoms with Crippen LogP contribution in [0.1, 0.15) is 26.2 Å². The van der Waals surface area contributed by atoms with Gasteiger partial charge in [0.15, 0.2) is 5.96 Å². The second kappa shape index (κ2) is 7.32. The quantitative estimate of drug-likeness (QED) is 0.309. The van der Waals surface area contributed by atoms with E-state index in [9.17, 15) is 4.79 Å². The zero-order chi connectivity index (χ0) is 11.0. The predicted molar refractivity (Wildman–Crippen MR) is 58.1 cm³/mol. The zero-order valence-electron chi connectivity index (χ0n) is 8.92. The molecule has 0 aromatic carbocycles. The van der Waals surface area contributed by atoms with Crippen molar-refractivity contribution in [1.82, 2.24) is 5.32 Å². The molecule has 0 radical (unpaired) electrons. The number of nitrogens with two attached hydrogens (primary N) is 2. The number of hydrogen-bond acceptors (Lipinski definition) is 3. The molecule has 0 aromatic heterocycles. The van der Waals surface area contributed by atoms with Crippen molar-refractivity contribution < 1.29 is 4.79 Å². The van der Waals surface area contributed by atoms with Crippen molar-refractivity contribution >= 4 is 11.7 Å². The molecule has 0 aliphatic heterocycles. The molecule has 0 spiro atoms. The summed E-state index contributed by atoms with van der Waals surface area (Å²) in [7, 11) is 1.62. The molecule has 0 unspecified atom stereocenters. The van der Waals surface area contributed by atoms with E-state index in [1.165, 1.54) is 0 Å². The van der Waals surface area contributed by atoms with Gasteiger partial charge in [-0.25, -0.2) is 0 Å². The van der Waals surface area contributed by atoms with Gasteiger partial charge >= 0.3 is 0 Å². The Morgan fingerprint density at radius 1 is 1.57 bits per heavy atom. The van der Waals surface area contributed by atoms with Crippen molar-refractivity contribution in [1.29, 1.82) is 0 Å². The van der Waals surface area contributed by atoms with E-state index in [0.717, 1.165) is 6.42 Å². The number of carbonyl (C=O) groups excluding carboxylic acids is 1. The highest BCUT2D eigenvalue weighted by Crippen LogP contribution is 1.97. The third-order valence-electron chi connectivity index (χ3n) is 2.00. The van der Waals surface area contributed by atoms with Crippen LogP contribution in [-0.2, 0) is 4.79 Å². The lowest BCUT2D eigenvalue weighted by Crippen LogP contribution is -2.34. The predicted octanol–water partition coefficient (Wildman–Crippen LogP) is -0.393. The Bertz CT molecular complexity index is 203. The molecule has 0 aliphatic carbocycles. The third-order valence-corrected chi connectivity index (χ3v) is 2.00. The van der Waals surface area contributed by atoms with E-state index < -0.39 is 0 Å². The molecule has 0 aromatic rings. The number of rotatable bonds is 6. The Kier molecular flexibility index (Phi) is 6.74. The van der Waals surface area contributed by atoms with Crippen LogP contribution in [-0.4, -0.2) is 31.4 Å². The fraction of sp³-hybridized carbons (Fsp3) is 0.778. The van der Waals surface area contributed by atoms with Crippen LogP contribution < -0.4 is 16.8 Å². The second-order valence-electron chi connectivity index (χ2n) is 3.10. The minimum Gasteiger partial charge on any atom is -0.370 e. The topological polar surface area (TPSA) is 93.5 Å². The van der Waals surface area contributed by atoms with E-state index in [0.29, 0.717) is 25.3 Å². The number of hydrogen-bond donors (Lipinski definition) is 3. The average Bonchev–Trinajstić information content (AvgIpc) is 2.22. The Labute approximate surface area is 84.9 Å². The highest BCUT2D eigenvalue weighted by Gasteiger charge is 2.09. The van der Waals surface area contributed by atoms with Gasteiger partial charge in [0.05, 0.1) is 6.04 Å². The molecule has 0 heterocycles. The molecule has 5 nitrogen and oxygen atoms in total. The van der Waals surface area contributed by atoms with E-state index in [1.54, 1.807) is 7.05 Å². The Morgan fingerprint density at radius 3 is 2.71 bits per heavy atom. The molecule has 82 valence electrons. The lowest BCUT2D eigenvalue weighted by Gasteiger charge is -2.09. The van der Waals surface area contributed by atoms with Gasteiger partial charge in [0, 0.05) is 20.0 Å². The van der Waals surface area contributed by atoms with Crippen LogP contribution in [0.5, 0.6) is 0 Å². The van der Waals surface area contributed by atoms with Gasteiger partial charge in [-0.05, 0) is 12.8 Å². The SMILES string of the molecule is CCC(=O)[C@@H](N)CCCNC(N)=NC. The molecule has 0 aliphatic rings. The molecule has 1 atom stereocenters. The molecule has 0 amide bonds. The summed E-state index contributed by atoms with van der Waals surface area (Å²) in [5.74, 6) is 0.530. The van der Waals surface area contributed by atoms with Crippen molar-refractivity contribution in [2.45, 2.75) is 32.2 Å². The van der Waals surface area contributed by atoms with Gasteiger partial charge in [-0.3, -0.25) is 9.79 Å². The van der Waals surface area contributed by atoms with Crippen LogP contribution >= 0.6 is 0 Å². The van der Waals surface area contributed by atoms with Crippen LogP contribution in [0, 0.1) is 0 Å². The fourth-order valence-electron chi connectivity index (χ4n) is 1.04. The number of guanidine groups is 1. The minimum absolute atomic E-state index is 0.113. The first-order valence-corrected chi connectivity index (χ1v) is 4.86. The molecule has 5 heteroatoms. The monoisotopic (exact) mass is 200 g/mol. The number of nitrogens with one attached hydrogen (secondary N) is 1. The number of nitrogens with zero attached hydrogens (tertiary/aromatic N) is 1. The van der Waals surface area contributed by atoms with E-state index in [1.807, 2.05) is 6.92 Å². The molecule has 0 rings (SSSR count). The van der Waals surface area contributed by atoms with Crippen LogP contribution in [0.25, 0.3) is 0 Å². The molecule has 0 saturated carbocycles. The second-order valence-corrected chi connectivity index (χ2v) is 3.10. The maximum Gasteiger partial charge on any atom is 0.188 e. The lowest BCUT2D eigenvalue weighted by atomic mass is 10.1. The van der Waals surface area contributed by atoms with Crippen LogP contribution in [0.2, 0.25) is 0 Å². The summed E-state index contributed by atoms with van der Waals surface area (Å²) in [6.07, 6.45) is 2.02. The number of ketones is 1. The summed E-state index contributed by atoms with van der Waals surface area (Å²) in [5.41, 5.74) is 11.1. The largest absolute Gasteiger partial charge is 0.370 e. The van der Waals surface area contributed by atoms with E-state index in [2.05, 4.69) is 10.3 Å². The van der Waals surface area contributed by atoms with Gasteiger partial charge in [-0.1, -0.05) is 6.92 Å². The lowest BCUT2D eigenvalue weighted by molar-refractivity contribution is -0.120. The Hall–Kier alpha value is -1.10. The first-order chi connectivity index (χ1) is 6.61.